The van der Waals surface area contributed by atoms with E-state index in [2.05, 4.69) is 15.3 Å². The third-order valence-corrected chi connectivity index (χ3v) is 4.91. The number of amides is 1. The van der Waals surface area contributed by atoms with E-state index in [1.807, 2.05) is 0 Å². The topological polar surface area (TPSA) is 80.0 Å². The lowest BCUT2D eigenvalue weighted by Gasteiger charge is -2.26. The standard InChI is InChI=1S/C22H25F3N4O2/c1-13-11-15-18(28-17(13)22(23,24)25)29(20(2,3)4)19(26-15)27-16(30)12-21(5,31)14-9-7-6-8-10-14/h6-11,31H,12H2,1-5H3,(H,26,27,30)/t21-/m0/s1. The molecular weight excluding hydrogens is 409 g/mol. The first-order chi connectivity index (χ1) is 14.2. The van der Waals surface area contributed by atoms with E-state index in [4.69, 9.17) is 0 Å². The zero-order chi connectivity index (χ0) is 23.2. The van der Waals surface area contributed by atoms with Crippen molar-refractivity contribution in [3.05, 3.63) is 53.2 Å². The maximum Gasteiger partial charge on any atom is 0.433 e. The molecule has 166 valence electrons. The molecule has 2 aromatic heterocycles. The predicted molar refractivity (Wildman–Crippen MR) is 112 cm³/mol. The molecule has 1 amide bonds. The quantitative estimate of drug-likeness (QED) is 0.621. The van der Waals surface area contributed by atoms with Crippen LogP contribution in [0.5, 0.6) is 0 Å². The third-order valence-electron chi connectivity index (χ3n) is 4.91. The van der Waals surface area contributed by atoms with Gasteiger partial charge in [-0.2, -0.15) is 13.2 Å². The van der Waals surface area contributed by atoms with Crippen LogP contribution in [-0.2, 0) is 22.1 Å². The zero-order valence-electron chi connectivity index (χ0n) is 18.0. The Morgan fingerprint density at radius 1 is 1.10 bits per heavy atom. The first-order valence-electron chi connectivity index (χ1n) is 9.76. The van der Waals surface area contributed by atoms with E-state index in [0.717, 1.165) is 0 Å². The molecule has 0 fully saturated rings. The fourth-order valence-electron chi connectivity index (χ4n) is 3.49. The second kappa shape index (κ2) is 7.64. The van der Waals surface area contributed by atoms with Gasteiger partial charge in [0.05, 0.1) is 12.0 Å². The van der Waals surface area contributed by atoms with Crippen LogP contribution in [0, 0.1) is 6.92 Å². The average Bonchev–Trinajstić information content (AvgIpc) is 2.97. The van der Waals surface area contributed by atoms with Gasteiger partial charge < -0.3 is 5.11 Å². The number of rotatable bonds is 4. The number of alkyl halides is 3. The number of halogens is 3. The van der Waals surface area contributed by atoms with E-state index in [0.29, 0.717) is 5.56 Å². The zero-order valence-corrected chi connectivity index (χ0v) is 18.0. The second-order valence-corrected chi connectivity index (χ2v) is 8.80. The normalized spacial score (nSPS) is 14.5. The highest BCUT2D eigenvalue weighted by Crippen LogP contribution is 2.34. The van der Waals surface area contributed by atoms with Gasteiger partial charge >= 0.3 is 6.18 Å². The number of benzene rings is 1. The Bertz CT molecular complexity index is 1110. The van der Waals surface area contributed by atoms with E-state index in [1.54, 1.807) is 51.1 Å². The molecule has 0 unspecified atom stereocenters. The van der Waals surface area contributed by atoms with E-state index in [9.17, 15) is 23.1 Å². The second-order valence-electron chi connectivity index (χ2n) is 8.80. The van der Waals surface area contributed by atoms with Crippen molar-refractivity contribution >= 4 is 23.0 Å². The van der Waals surface area contributed by atoms with Gasteiger partial charge in [-0.05, 0) is 51.8 Å². The molecule has 0 aliphatic heterocycles. The maximum absolute atomic E-state index is 13.4. The summed E-state index contributed by atoms with van der Waals surface area (Å²) in [6.07, 6.45) is -4.87. The van der Waals surface area contributed by atoms with Gasteiger partial charge in [-0.1, -0.05) is 30.3 Å². The van der Waals surface area contributed by atoms with Crippen molar-refractivity contribution in [2.75, 3.05) is 5.32 Å². The molecule has 0 bridgehead atoms. The van der Waals surface area contributed by atoms with Crippen LogP contribution >= 0.6 is 0 Å². The molecule has 0 radical (unpaired) electrons. The number of nitrogens with one attached hydrogen (secondary N) is 1. The highest BCUT2D eigenvalue weighted by molar-refractivity contribution is 5.92. The molecule has 0 aliphatic rings. The van der Waals surface area contributed by atoms with Crippen LogP contribution in [0.25, 0.3) is 11.2 Å². The predicted octanol–water partition coefficient (Wildman–Crippen LogP) is 4.75. The van der Waals surface area contributed by atoms with Crippen LogP contribution in [0.3, 0.4) is 0 Å². The summed E-state index contributed by atoms with van der Waals surface area (Å²) in [5.74, 6) is -0.454. The SMILES string of the molecule is Cc1cc2nc(NC(=O)C[C@](C)(O)c3ccccc3)n(C(C)(C)C)c2nc1C(F)(F)F. The van der Waals surface area contributed by atoms with Gasteiger partial charge in [0.25, 0.3) is 0 Å². The molecule has 3 aromatic rings. The van der Waals surface area contributed by atoms with Crippen molar-refractivity contribution in [1.29, 1.82) is 0 Å². The van der Waals surface area contributed by atoms with Gasteiger partial charge in [0.15, 0.2) is 5.65 Å². The number of carbonyl (C=O) groups is 1. The van der Waals surface area contributed by atoms with E-state index in [-0.39, 0.29) is 29.1 Å². The van der Waals surface area contributed by atoms with Gasteiger partial charge in [0.2, 0.25) is 11.9 Å². The molecule has 0 saturated carbocycles. The molecule has 1 atom stereocenters. The number of aromatic nitrogens is 3. The number of aliphatic hydroxyl groups is 1. The van der Waals surface area contributed by atoms with Crippen LogP contribution in [0.1, 0.15) is 50.9 Å². The summed E-state index contributed by atoms with van der Waals surface area (Å²) >= 11 is 0. The molecule has 1 aromatic carbocycles. The van der Waals surface area contributed by atoms with E-state index in [1.165, 1.54) is 24.5 Å². The number of fused-ring (bicyclic) bond motifs is 1. The summed E-state index contributed by atoms with van der Waals surface area (Å²) in [6.45, 7) is 8.17. The van der Waals surface area contributed by atoms with Crippen LogP contribution in [0.2, 0.25) is 0 Å². The Balaban J connectivity index is 2.01. The molecule has 0 aliphatic carbocycles. The number of hydrogen-bond acceptors (Lipinski definition) is 4. The summed E-state index contributed by atoms with van der Waals surface area (Å²) in [4.78, 5) is 20.9. The molecule has 9 heteroatoms. The van der Waals surface area contributed by atoms with Crippen LogP contribution in [0.4, 0.5) is 19.1 Å². The van der Waals surface area contributed by atoms with Crippen molar-refractivity contribution in [2.45, 2.75) is 58.4 Å². The highest BCUT2D eigenvalue weighted by atomic mass is 19.4. The first kappa shape index (κ1) is 22.7. The third kappa shape index (κ3) is 4.71. The van der Waals surface area contributed by atoms with Gasteiger partial charge in [-0.3, -0.25) is 14.7 Å². The number of imidazole rings is 1. The lowest BCUT2D eigenvalue weighted by Crippen LogP contribution is -2.31. The molecule has 31 heavy (non-hydrogen) atoms. The fourth-order valence-corrected chi connectivity index (χ4v) is 3.49. The molecule has 0 spiro atoms. The smallest absolute Gasteiger partial charge is 0.385 e. The summed E-state index contributed by atoms with van der Waals surface area (Å²) in [5, 5.41) is 13.4. The number of carbonyl (C=O) groups excluding carboxylic acids is 1. The number of pyridine rings is 1. The number of aryl methyl sites for hydroxylation is 1. The first-order valence-corrected chi connectivity index (χ1v) is 9.76. The average molecular weight is 434 g/mol. The van der Waals surface area contributed by atoms with Gasteiger partial charge in [-0.15, -0.1) is 0 Å². The Kier molecular flexibility index (Phi) is 5.60. The number of nitrogens with zero attached hydrogens (tertiary/aromatic N) is 3. The van der Waals surface area contributed by atoms with Crippen LogP contribution in [-0.4, -0.2) is 25.5 Å². The summed E-state index contributed by atoms with van der Waals surface area (Å²) in [7, 11) is 0. The summed E-state index contributed by atoms with van der Waals surface area (Å²) in [6, 6.07) is 10.0. The number of anilines is 1. The van der Waals surface area contributed by atoms with Gasteiger partial charge in [0, 0.05) is 5.54 Å². The lowest BCUT2D eigenvalue weighted by molar-refractivity contribution is -0.141. The Labute approximate surface area is 178 Å². The van der Waals surface area contributed by atoms with Crippen molar-refractivity contribution in [3.8, 4) is 0 Å². The van der Waals surface area contributed by atoms with Crippen molar-refractivity contribution < 1.29 is 23.1 Å². The summed E-state index contributed by atoms with van der Waals surface area (Å²) in [5.41, 5.74) is -2.35. The monoisotopic (exact) mass is 434 g/mol. The molecule has 2 N–H and O–H groups in total. The highest BCUT2D eigenvalue weighted by Gasteiger charge is 2.36. The molecule has 0 saturated heterocycles. The number of hydrogen-bond donors (Lipinski definition) is 2. The maximum atomic E-state index is 13.4. The lowest BCUT2D eigenvalue weighted by atomic mass is 9.92. The molecule has 2 heterocycles. The van der Waals surface area contributed by atoms with Crippen LogP contribution < -0.4 is 5.32 Å². The summed E-state index contributed by atoms with van der Waals surface area (Å²) < 4.78 is 41.6. The fraction of sp³-hybridized carbons (Fsp3) is 0.409. The minimum absolute atomic E-state index is 0.0237. The minimum Gasteiger partial charge on any atom is -0.385 e. The molecule has 3 rings (SSSR count). The molecule has 6 nitrogen and oxygen atoms in total. The van der Waals surface area contributed by atoms with Crippen molar-refractivity contribution in [2.24, 2.45) is 0 Å². The van der Waals surface area contributed by atoms with Crippen molar-refractivity contribution in [1.82, 2.24) is 14.5 Å². The van der Waals surface area contributed by atoms with Gasteiger partial charge in [-0.25, -0.2) is 9.97 Å². The van der Waals surface area contributed by atoms with E-state index < -0.39 is 28.9 Å². The Morgan fingerprint density at radius 2 is 1.71 bits per heavy atom. The minimum atomic E-state index is -4.61. The Morgan fingerprint density at radius 3 is 2.26 bits per heavy atom. The van der Waals surface area contributed by atoms with Crippen LogP contribution in [0.15, 0.2) is 36.4 Å². The molecular formula is C22H25F3N4O2. The largest absolute Gasteiger partial charge is 0.433 e. The van der Waals surface area contributed by atoms with E-state index >= 15 is 0 Å². The Hall–Kier alpha value is -2.94. The van der Waals surface area contributed by atoms with Crippen molar-refractivity contribution in [3.63, 3.8) is 0 Å². The van der Waals surface area contributed by atoms with Gasteiger partial charge in [0.1, 0.15) is 11.2 Å².